The minimum absolute atomic E-state index is 0.0605. The maximum Gasteiger partial charge on any atom is 0.275 e. The molecule has 3 heterocycles. The van der Waals surface area contributed by atoms with Crippen LogP contribution in [0.25, 0.3) is 10.8 Å². The van der Waals surface area contributed by atoms with Crippen LogP contribution in [-0.2, 0) is 11.3 Å². The van der Waals surface area contributed by atoms with Crippen molar-refractivity contribution in [1.29, 1.82) is 0 Å². The molecule has 140 valence electrons. The summed E-state index contributed by atoms with van der Waals surface area (Å²) < 4.78 is 6.00. The molecular weight excluding hydrogens is 348 g/mol. The van der Waals surface area contributed by atoms with E-state index in [4.69, 9.17) is 4.63 Å². The Morgan fingerprint density at radius 3 is 2.41 bits per heavy atom. The molecule has 0 atom stereocenters. The van der Waals surface area contributed by atoms with Crippen molar-refractivity contribution in [3.63, 3.8) is 0 Å². The second kappa shape index (κ2) is 6.82. The summed E-state index contributed by atoms with van der Waals surface area (Å²) in [5, 5.41) is 13.4. The number of fused-ring (bicyclic) bond motifs is 1. The van der Waals surface area contributed by atoms with Gasteiger partial charge in [-0.15, -0.1) is 0 Å². The van der Waals surface area contributed by atoms with E-state index >= 15 is 0 Å². The minimum Gasteiger partial charge on any atom is -0.349 e. The zero-order valence-corrected chi connectivity index (χ0v) is 15.3. The molecule has 1 aromatic carbocycles. The zero-order valence-electron chi connectivity index (χ0n) is 15.3. The SMILES string of the molecule is Cc1nonc1N1CCN(C(=O)Cn2nc(C)c3ccccc3c2=O)CC1. The van der Waals surface area contributed by atoms with Crippen LogP contribution in [0.4, 0.5) is 5.82 Å². The lowest BCUT2D eigenvalue weighted by atomic mass is 10.1. The summed E-state index contributed by atoms with van der Waals surface area (Å²) in [7, 11) is 0. The quantitative estimate of drug-likeness (QED) is 0.673. The third kappa shape index (κ3) is 3.16. The molecule has 1 aliphatic rings. The number of hydrogen-bond acceptors (Lipinski definition) is 7. The Kier molecular flexibility index (Phi) is 4.35. The molecule has 27 heavy (non-hydrogen) atoms. The van der Waals surface area contributed by atoms with Gasteiger partial charge in [0.1, 0.15) is 12.2 Å². The molecule has 3 aromatic rings. The van der Waals surface area contributed by atoms with E-state index in [0.717, 1.165) is 16.8 Å². The second-order valence-corrected chi connectivity index (χ2v) is 6.63. The number of hydrogen-bond donors (Lipinski definition) is 0. The molecule has 0 N–H and O–H groups in total. The first kappa shape index (κ1) is 17.2. The molecular formula is C18H20N6O3. The van der Waals surface area contributed by atoms with Crippen LogP contribution in [-0.4, -0.2) is 57.1 Å². The Bertz CT molecular complexity index is 1050. The van der Waals surface area contributed by atoms with E-state index in [2.05, 4.69) is 15.4 Å². The maximum atomic E-state index is 12.7. The summed E-state index contributed by atoms with van der Waals surface area (Å²) in [5.41, 5.74) is 1.22. The van der Waals surface area contributed by atoms with Crippen LogP contribution >= 0.6 is 0 Å². The molecule has 1 saturated heterocycles. The third-order valence-electron chi connectivity index (χ3n) is 4.90. The average molecular weight is 368 g/mol. The van der Waals surface area contributed by atoms with Crippen molar-refractivity contribution in [3.05, 3.63) is 46.0 Å². The molecule has 9 nitrogen and oxygen atoms in total. The zero-order chi connectivity index (χ0) is 19.0. The molecule has 0 radical (unpaired) electrons. The number of amides is 1. The highest BCUT2D eigenvalue weighted by molar-refractivity contribution is 5.83. The number of carbonyl (C=O) groups is 1. The van der Waals surface area contributed by atoms with Gasteiger partial charge in [-0.1, -0.05) is 23.4 Å². The second-order valence-electron chi connectivity index (χ2n) is 6.63. The molecule has 1 aliphatic heterocycles. The Morgan fingerprint density at radius 2 is 1.74 bits per heavy atom. The van der Waals surface area contributed by atoms with E-state index in [1.165, 1.54) is 4.68 Å². The van der Waals surface area contributed by atoms with Gasteiger partial charge in [0, 0.05) is 31.6 Å². The van der Waals surface area contributed by atoms with Crippen molar-refractivity contribution >= 4 is 22.5 Å². The molecule has 1 amide bonds. The Morgan fingerprint density at radius 1 is 1.04 bits per heavy atom. The van der Waals surface area contributed by atoms with Crippen LogP contribution in [0, 0.1) is 13.8 Å². The summed E-state index contributed by atoms with van der Waals surface area (Å²) in [6.07, 6.45) is 0. The van der Waals surface area contributed by atoms with Gasteiger partial charge in [0.05, 0.1) is 11.1 Å². The lowest BCUT2D eigenvalue weighted by molar-refractivity contribution is -0.132. The van der Waals surface area contributed by atoms with Gasteiger partial charge in [-0.25, -0.2) is 9.31 Å². The van der Waals surface area contributed by atoms with Gasteiger partial charge in [-0.05, 0) is 25.1 Å². The van der Waals surface area contributed by atoms with Crippen LogP contribution in [0.3, 0.4) is 0 Å². The smallest absolute Gasteiger partial charge is 0.275 e. The van der Waals surface area contributed by atoms with E-state index < -0.39 is 0 Å². The summed E-state index contributed by atoms with van der Waals surface area (Å²) in [6, 6.07) is 7.32. The predicted molar refractivity (Wildman–Crippen MR) is 98.6 cm³/mol. The van der Waals surface area contributed by atoms with E-state index in [0.29, 0.717) is 37.4 Å². The highest BCUT2D eigenvalue weighted by Gasteiger charge is 2.25. The summed E-state index contributed by atoms with van der Waals surface area (Å²) in [5.74, 6) is 0.596. The number of rotatable bonds is 3. The van der Waals surface area contributed by atoms with Crippen molar-refractivity contribution in [2.24, 2.45) is 0 Å². The molecule has 0 unspecified atom stereocenters. The fraction of sp³-hybridized carbons (Fsp3) is 0.389. The molecule has 0 bridgehead atoms. The maximum absolute atomic E-state index is 12.7. The Balaban J connectivity index is 1.48. The van der Waals surface area contributed by atoms with Crippen molar-refractivity contribution < 1.29 is 9.42 Å². The van der Waals surface area contributed by atoms with Gasteiger partial charge in [-0.3, -0.25) is 9.59 Å². The van der Waals surface area contributed by atoms with Crippen LogP contribution in [0.2, 0.25) is 0 Å². The standard InChI is InChI=1S/C18H20N6O3/c1-12-14-5-3-4-6-15(14)18(26)24(19-12)11-16(25)22-7-9-23(10-8-22)17-13(2)20-27-21-17/h3-6H,7-11H2,1-2H3. The minimum atomic E-state index is -0.243. The van der Waals surface area contributed by atoms with Crippen LogP contribution in [0.5, 0.6) is 0 Å². The van der Waals surface area contributed by atoms with Gasteiger partial charge in [0.2, 0.25) is 5.91 Å². The lowest BCUT2D eigenvalue weighted by Crippen LogP contribution is -2.50. The van der Waals surface area contributed by atoms with Gasteiger partial charge in [-0.2, -0.15) is 5.10 Å². The van der Waals surface area contributed by atoms with Crippen molar-refractivity contribution in [3.8, 4) is 0 Å². The fourth-order valence-corrected chi connectivity index (χ4v) is 3.42. The van der Waals surface area contributed by atoms with Crippen LogP contribution < -0.4 is 10.5 Å². The number of anilines is 1. The normalized spacial score (nSPS) is 14.7. The first-order valence-corrected chi connectivity index (χ1v) is 8.83. The van der Waals surface area contributed by atoms with Crippen LogP contribution in [0.15, 0.2) is 33.7 Å². The average Bonchev–Trinajstić information content (AvgIpc) is 3.12. The largest absolute Gasteiger partial charge is 0.349 e. The lowest BCUT2D eigenvalue weighted by Gasteiger charge is -2.34. The highest BCUT2D eigenvalue weighted by atomic mass is 16.6. The van der Waals surface area contributed by atoms with Gasteiger partial charge in [0.15, 0.2) is 5.82 Å². The van der Waals surface area contributed by atoms with Gasteiger partial charge < -0.3 is 9.80 Å². The summed E-state index contributed by atoms with van der Waals surface area (Å²) >= 11 is 0. The summed E-state index contributed by atoms with van der Waals surface area (Å²) in [4.78, 5) is 29.1. The van der Waals surface area contributed by atoms with Crippen LogP contribution in [0.1, 0.15) is 11.4 Å². The summed E-state index contributed by atoms with van der Waals surface area (Å²) in [6.45, 7) is 5.99. The van der Waals surface area contributed by atoms with E-state index in [9.17, 15) is 9.59 Å². The number of aromatic nitrogens is 4. The molecule has 0 saturated carbocycles. The molecule has 1 fully saturated rings. The van der Waals surface area contributed by atoms with Crippen molar-refractivity contribution in [2.75, 3.05) is 31.1 Å². The fourth-order valence-electron chi connectivity index (χ4n) is 3.42. The first-order chi connectivity index (χ1) is 13.0. The molecule has 4 rings (SSSR count). The van der Waals surface area contributed by atoms with Gasteiger partial charge in [0.25, 0.3) is 5.56 Å². The molecule has 0 aliphatic carbocycles. The number of aryl methyl sites for hydroxylation is 2. The first-order valence-electron chi connectivity index (χ1n) is 8.83. The highest BCUT2D eigenvalue weighted by Crippen LogP contribution is 2.17. The molecule has 9 heteroatoms. The number of piperazine rings is 1. The topological polar surface area (TPSA) is 97.4 Å². The number of carbonyl (C=O) groups excluding carboxylic acids is 1. The Hall–Kier alpha value is -3.23. The van der Waals surface area contributed by atoms with E-state index in [-0.39, 0.29) is 18.0 Å². The van der Waals surface area contributed by atoms with E-state index in [1.54, 1.807) is 11.0 Å². The van der Waals surface area contributed by atoms with Crippen molar-refractivity contribution in [1.82, 2.24) is 25.0 Å². The van der Waals surface area contributed by atoms with Crippen molar-refractivity contribution in [2.45, 2.75) is 20.4 Å². The predicted octanol–water partition coefficient (Wildman–Crippen LogP) is 0.745. The monoisotopic (exact) mass is 368 g/mol. The number of nitrogens with zero attached hydrogens (tertiary/aromatic N) is 6. The third-order valence-corrected chi connectivity index (χ3v) is 4.90. The molecule has 0 spiro atoms. The number of benzene rings is 1. The van der Waals surface area contributed by atoms with E-state index in [1.807, 2.05) is 36.9 Å². The molecule has 2 aromatic heterocycles. The Labute approximate surface area is 155 Å². The van der Waals surface area contributed by atoms with Gasteiger partial charge >= 0.3 is 0 Å².